The van der Waals surface area contributed by atoms with Crippen molar-refractivity contribution in [2.75, 3.05) is 0 Å². The largest absolute Gasteiger partial charge is 0.303 e. The normalized spacial score (nSPS) is 12.8. The van der Waals surface area contributed by atoms with Crippen LogP contribution in [0, 0.1) is 5.92 Å². The predicted molar refractivity (Wildman–Crippen MR) is 54.5 cm³/mol. The number of hydrogen-bond acceptors (Lipinski definition) is 2. The Balaban J connectivity index is 2.77. The summed E-state index contributed by atoms with van der Waals surface area (Å²) >= 11 is 3.40. The van der Waals surface area contributed by atoms with E-state index in [2.05, 4.69) is 21.0 Å². The van der Waals surface area contributed by atoms with Crippen LogP contribution in [-0.2, 0) is 18.3 Å². The van der Waals surface area contributed by atoms with Gasteiger partial charge in [-0.3, -0.25) is 4.68 Å². The van der Waals surface area contributed by atoms with Crippen molar-refractivity contribution in [3.05, 3.63) is 16.4 Å². The van der Waals surface area contributed by atoms with E-state index < -0.39 is 0 Å². The highest BCUT2D eigenvalue weighted by molar-refractivity contribution is 9.10. The van der Waals surface area contributed by atoms with Crippen LogP contribution in [0.15, 0.2) is 10.7 Å². The Labute approximate surface area is 86.3 Å². The molecular weight excluding hydrogens is 232 g/mol. The summed E-state index contributed by atoms with van der Waals surface area (Å²) < 4.78 is 2.78. The maximum absolute atomic E-state index is 10.6. The highest BCUT2D eigenvalue weighted by Gasteiger charge is 2.11. The van der Waals surface area contributed by atoms with Crippen LogP contribution in [0.25, 0.3) is 0 Å². The van der Waals surface area contributed by atoms with Gasteiger partial charge in [-0.05, 0) is 28.8 Å². The van der Waals surface area contributed by atoms with E-state index in [9.17, 15) is 4.79 Å². The summed E-state index contributed by atoms with van der Waals surface area (Å²) in [5.41, 5.74) is 1.08. The van der Waals surface area contributed by atoms with Crippen molar-refractivity contribution < 1.29 is 4.79 Å². The first-order chi connectivity index (χ1) is 6.19. The average Bonchev–Trinajstić information content (AvgIpc) is 2.44. The fourth-order valence-corrected chi connectivity index (χ4v) is 1.71. The van der Waals surface area contributed by atoms with Gasteiger partial charge in [-0.1, -0.05) is 6.92 Å². The van der Waals surface area contributed by atoms with Crippen molar-refractivity contribution >= 4 is 22.2 Å². The Bertz CT molecular complexity index is 276. The molecule has 1 atom stereocenters. The molecule has 0 aromatic carbocycles. The van der Waals surface area contributed by atoms with Crippen LogP contribution in [0.3, 0.4) is 0 Å². The Morgan fingerprint density at radius 3 is 2.85 bits per heavy atom. The molecule has 0 aliphatic carbocycles. The Morgan fingerprint density at radius 2 is 2.46 bits per heavy atom. The van der Waals surface area contributed by atoms with Gasteiger partial charge in [-0.2, -0.15) is 5.10 Å². The van der Waals surface area contributed by atoms with Crippen LogP contribution in [0.5, 0.6) is 0 Å². The number of halogens is 1. The predicted octanol–water partition coefficient (Wildman–Crippen LogP) is 1.95. The molecule has 0 radical (unpaired) electrons. The quantitative estimate of drug-likeness (QED) is 0.760. The van der Waals surface area contributed by atoms with Gasteiger partial charge in [0.2, 0.25) is 0 Å². The van der Waals surface area contributed by atoms with Gasteiger partial charge < -0.3 is 4.79 Å². The molecule has 0 aliphatic heterocycles. The smallest absolute Gasteiger partial charge is 0.123 e. The van der Waals surface area contributed by atoms with Crippen LogP contribution in [0.4, 0.5) is 0 Å². The number of carbonyl (C=O) groups excluding carboxylic acids is 1. The molecule has 0 spiro atoms. The molecule has 13 heavy (non-hydrogen) atoms. The summed E-state index contributed by atoms with van der Waals surface area (Å²) in [5, 5.41) is 4.09. The summed E-state index contributed by atoms with van der Waals surface area (Å²) in [6.45, 7) is 2.02. The average molecular weight is 245 g/mol. The van der Waals surface area contributed by atoms with Gasteiger partial charge in [-0.25, -0.2) is 0 Å². The minimum Gasteiger partial charge on any atom is -0.303 e. The van der Waals surface area contributed by atoms with Crippen LogP contribution in [-0.4, -0.2) is 16.1 Å². The molecule has 1 aromatic heterocycles. The van der Waals surface area contributed by atoms with E-state index in [1.54, 1.807) is 10.9 Å². The molecule has 0 saturated heterocycles. The van der Waals surface area contributed by atoms with E-state index in [1.165, 1.54) is 0 Å². The molecule has 4 heteroatoms. The van der Waals surface area contributed by atoms with Gasteiger partial charge in [0.15, 0.2) is 0 Å². The van der Waals surface area contributed by atoms with Gasteiger partial charge in [0.05, 0.1) is 16.4 Å². The molecule has 1 aromatic rings. The van der Waals surface area contributed by atoms with Crippen LogP contribution in [0.2, 0.25) is 0 Å². The lowest BCUT2D eigenvalue weighted by Gasteiger charge is -2.07. The highest BCUT2D eigenvalue weighted by Crippen LogP contribution is 2.19. The molecule has 0 N–H and O–H groups in total. The number of aryl methyl sites for hydroxylation is 1. The number of carbonyl (C=O) groups is 1. The number of aromatic nitrogens is 2. The minimum atomic E-state index is 0.103. The summed E-state index contributed by atoms with van der Waals surface area (Å²) in [6.07, 6.45) is 4.41. The van der Waals surface area contributed by atoms with E-state index in [0.717, 1.165) is 29.3 Å². The summed E-state index contributed by atoms with van der Waals surface area (Å²) in [5.74, 6) is 0.103. The zero-order valence-corrected chi connectivity index (χ0v) is 9.41. The third-order valence-electron chi connectivity index (χ3n) is 2.18. The van der Waals surface area contributed by atoms with Crippen molar-refractivity contribution in [2.24, 2.45) is 13.0 Å². The molecule has 0 aliphatic rings. The second kappa shape index (κ2) is 4.56. The highest BCUT2D eigenvalue weighted by atomic mass is 79.9. The Morgan fingerprint density at radius 1 is 1.77 bits per heavy atom. The zero-order valence-electron chi connectivity index (χ0n) is 7.83. The van der Waals surface area contributed by atoms with E-state index in [0.29, 0.717) is 0 Å². The van der Waals surface area contributed by atoms with Crippen molar-refractivity contribution in [1.29, 1.82) is 0 Å². The molecule has 1 unspecified atom stereocenters. The van der Waals surface area contributed by atoms with Crippen LogP contribution >= 0.6 is 15.9 Å². The first kappa shape index (κ1) is 10.4. The SMILES string of the molecule is CCC(C=O)Cc1c(Br)cnn1C. The first-order valence-corrected chi connectivity index (χ1v) is 5.10. The zero-order chi connectivity index (χ0) is 9.84. The van der Waals surface area contributed by atoms with Gasteiger partial charge in [0.25, 0.3) is 0 Å². The van der Waals surface area contributed by atoms with E-state index >= 15 is 0 Å². The molecule has 72 valence electrons. The van der Waals surface area contributed by atoms with Crippen molar-refractivity contribution in [1.82, 2.24) is 9.78 Å². The van der Waals surface area contributed by atoms with Gasteiger partial charge in [0.1, 0.15) is 6.29 Å². The molecule has 1 heterocycles. The number of nitrogens with zero attached hydrogens (tertiary/aromatic N) is 2. The lowest BCUT2D eigenvalue weighted by molar-refractivity contribution is -0.111. The van der Waals surface area contributed by atoms with Gasteiger partial charge >= 0.3 is 0 Å². The summed E-state index contributed by atoms with van der Waals surface area (Å²) in [7, 11) is 1.89. The molecule has 0 bridgehead atoms. The Kier molecular flexibility index (Phi) is 3.66. The van der Waals surface area contributed by atoms with Crippen LogP contribution < -0.4 is 0 Å². The van der Waals surface area contributed by atoms with Gasteiger partial charge in [-0.15, -0.1) is 0 Å². The lowest BCUT2D eigenvalue weighted by Crippen LogP contribution is -2.09. The number of rotatable bonds is 4. The first-order valence-electron chi connectivity index (χ1n) is 4.30. The lowest BCUT2D eigenvalue weighted by atomic mass is 10.0. The summed E-state index contributed by atoms with van der Waals surface area (Å²) in [4.78, 5) is 10.6. The molecule has 1 rings (SSSR count). The van der Waals surface area contributed by atoms with Crippen molar-refractivity contribution in [3.63, 3.8) is 0 Å². The standard InChI is InChI=1S/C9H13BrN2O/c1-3-7(6-13)4-9-8(10)5-11-12(9)2/h5-7H,3-4H2,1-2H3. The number of hydrogen-bond donors (Lipinski definition) is 0. The van der Waals surface area contributed by atoms with Crippen molar-refractivity contribution in [3.8, 4) is 0 Å². The summed E-state index contributed by atoms with van der Waals surface area (Å²) in [6, 6.07) is 0. The molecular formula is C9H13BrN2O. The topological polar surface area (TPSA) is 34.9 Å². The Hall–Kier alpha value is -0.640. The fraction of sp³-hybridized carbons (Fsp3) is 0.556. The maximum Gasteiger partial charge on any atom is 0.123 e. The molecule has 0 fully saturated rings. The maximum atomic E-state index is 10.6. The van der Waals surface area contributed by atoms with Crippen LogP contribution in [0.1, 0.15) is 19.0 Å². The third-order valence-corrected chi connectivity index (χ3v) is 2.85. The molecule has 0 saturated carbocycles. The van der Waals surface area contributed by atoms with Gasteiger partial charge in [0, 0.05) is 13.0 Å². The second-order valence-electron chi connectivity index (χ2n) is 3.07. The third kappa shape index (κ3) is 2.40. The van der Waals surface area contributed by atoms with E-state index in [1.807, 2.05) is 14.0 Å². The number of aldehydes is 1. The second-order valence-corrected chi connectivity index (χ2v) is 3.93. The van der Waals surface area contributed by atoms with Crippen molar-refractivity contribution in [2.45, 2.75) is 19.8 Å². The van der Waals surface area contributed by atoms with E-state index in [4.69, 9.17) is 0 Å². The molecule has 3 nitrogen and oxygen atoms in total. The molecule has 0 amide bonds. The fourth-order valence-electron chi connectivity index (χ4n) is 1.20. The monoisotopic (exact) mass is 244 g/mol. The minimum absolute atomic E-state index is 0.103. The van der Waals surface area contributed by atoms with E-state index in [-0.39, 0.29) is 5.92 Å².